The second-order valence-electron chi connectivity index (χ2n) is 4.58. The smallest absolute Gasteiger partial charge is 0.285 e. The fraction of sp³-hybridized carbons (Fsp3) is 0.143. The highest BCUT2D eigenvalue weighted by Gasteiger charge is 2.64. The molecule has 2 rings (SSSR count). The molecule has 2 unspecified atom stereocenters. The summed E-state index contributed by atoms with van der Waals surface area (Å²) in [5, 5.41) is 22.5. The van der Waals surface area contributed by atoms with E-state index in [0.717, 1.165) is 18.2 Å². The normalized spacial score (nSPS) is 23.0. The van der Waals surface area contributed by atoms with Crippen LogP contribution in [0.15, 0.2) is 54.6 Å². The van der Waals surface area contributed by atoms with Gasteiger partial charge in [-0.3, -0.25) is 29.8 Å². The molecule has 0 radical (unpaired) electrons. The highest BCUT2D eigenvalue weighted by atomic mass is 16.6. The summed E-state index contributed by atoms with van der Waals surface area (Å²) >= 11 is 0. The van der Waals surface area contributed by atoms with Crippen LogP contribution in [0.5, 0.6) is 0 Å². The fourth-order valence-electron chi connectivity index (χ4n) is 2.21. The van der Waals surface area contributed by atoms with Crippen molar-refractivity contribution in [3.05, 3.63) is 80.4 Å². The van der Waals surface area contributed by atoms with Gasteiger partial charge in [0.25, 0.3) is 5.78 Å². The van der Waals surface area contributed by atoms with Crippen LogP contribution in [0, 0.1) is 20.2 Å². The maximum absolute atomic E-state index is 12.4. The SMILES string of the molecule is O=C(C(=O)C1([N+](=O)[O-])C=CC=CC1[N+](=O)[O-])c1ccccc1. The molecule has 1 aliphatic rings. The largest absolute Gasteiger partial charge is 0.374 e. The summed E-state index contributed by atoms with van der Waals surface area (Å²) < 4.78 is 0. The van der Waals surface area contributed by atoms with Gasteiger partial charge in [-0.05, 0) is 6.08 Å². The lowest BCUT2D eigenvalue weighted by Gasteiger charge is -2.22. The van der Waals surface area contributed by atoms with Crippen molar-refractivity contribution < 1.29 is 19.4 Å². The van der Waals surface area contributed by atoms with Crippen LogP contribution in [-0.4, -0.2) is 33.0 Å². The van der Waals surface area contributed by atoms with Crippen LogP contribution in [0.25, 0.3) is 0 Å². The number of ketones is 2. The van der Waals surface area contributed by atoms with E-state index in [2.05, 4.69) is 0 Å². The lowest BCUT2D eigenvalue weighted by molar-refractivity contribution is -0.619. The van der Waals surface area contributed by atoms with Crippen molar-refractivity contribution in [3.8, 4) is 0 Å². The molecule has 1 aromatic carbocycles. The standard InChI is InChI=1S/C14H10N2O6/c17-12(10-6-2-1-3-7-10)13(18)14(16(21)22)9-5-4-8-11(14)15(19)20/h1-9,11H. The van der Waals surface area contributed by atoms with Crippen molar-refractivity contribution in [1.82, 2.24) is 0 Å². The van der Waals surface area contributed by atoms with E-state index in [4.69, 9.17) is 0 Å². The van der Waals surface area contributed by atoms with Crippen LogP contribution in [0.2, 0.25) is 0 Å². The molecular formula is C14H10N2O6. The predicted octanol–water partition coefficient (Wildman–Crippen LogP) is 1.23. The van der Waals surface area contributed by atoms with Crippen molar-refractivity contribution >= 4 is 11.6 Å². The highest BCUT2D eigenvalue weighted by molar-refractivity contribution is 6.46. The molecule has 2 atom stereocenters. The third kappa shape index (κ3) is 2.30. The molecule has 112 valence electrons. The number of benzene rings is 1. The second kappa shape index (κ2) is 5.68. The molecule has 1 aromatic rings. The molecule has 0 amide bonds. The first kappa shape index (κ1) is 15.2. The Hall–Kier alpha value is -3.16. The number of hydrogen-bond acceptors (Lipinski definition) is 6. The van der Waals surface area contributed by atoms with Gasteiger partial charge in [0.2, 0.25) is 5.78 Å². The third-order valence-electron chi connectivity index (χ3n) is 3.34. The highest BCUT2D eigenvalue weighted by Crippen LogP contribution is 2.27. The summed E-state index contributed by atoms with van der Waals surface area (Å²) in [6.07, 6.45) is 4.11. The molecule has 8 heteroatoms. The Morgan fingerprint density at radius 3 is 2.23 bits per heavy atom. The van der Waals surface area contributed by atoms with Crippen LogP contribution in [-0.2, 0) is 4.79 Å². The minimum atomic E-state index is -2.73. The predicted molar refractivity (Wildman–Crippen MR) is 74.6 cm³/mol. The number of Topliss-reactive ketones (excluding diaryl/α,β-unsaturated/α-hetero) is 2. The maximum Gasteiger partial charge on any atom is 0.374 e. The number of hydrogen-bond donors (Lipinski definition) is 0. The van der Waals surface area contributed by atoms with Crippen molar-refractivity contribution in [2.75, 3.05) is 0 Å². The molecule has 0 saturated carbocycles. The third-order valence-corrected chi connectivity index (χ3v) is 3.34. The molecule has 0 spiro atoms. The van der Waals surface area contributed by atoms with Gasteiger partial charge in [-0.1, -0.05) is 42.5 Å². The van der Waals surface area contributed by atoms with E-state index in [1.165, 1.54) is 30.3 Å². The maximum atomic E-state index is 12.4. The Morgan fingerprint density at radius 1 is 1.05 bits per heavy atom. The Balaban J connectivity index is 2.52. The molecule has 0 fully saturated rings. The Kier molecular flexibility index (Phi) is 3.93. The van der Waals surface area contributed by atoms with Gasteiger partial charge in [-0.15, -0.1) is 0 Å². The molecule has 1 aliphatic carbocycles. The van der Waals surface area contributed by atoms with Gasteiger partial charge in [0.05, 0.1) is 0 Å². The van der Waals surface area contributed by atoms with Crippen LogP contribution in [0.4, 0.5) is 0 Å². The number of rotatable bonds is 5. The van der Waals surface area contributed by atoms with Gasteiger partial charge in [0.15, 0.2) is 0 Å². The second-order valence-corrected chi connectivity index (χ2v) is 4.58. The molecule has 0 N–H and O–H groups in total. The topological polar surface area (TPSA) is 120 Å². The molecule has 22 heavy (non-hydrogen) atoms. The lowest BCUT2D eigenvalue weighted by atomic mass is 9.80. The first-order valence-corrected chi connectivity index (χ1v) is 6.19. The number of nitro groups is 2. The van der Waals surface area contributed by atoms with Gasteiger partial charge >= 0.3 is 11.6 Å². The molecule has 0 bridgehead atoms. The Morgan fingerprint density at radius 2 is 1.68 bits per heavy atom. The molecule has 0 saturated heterocycles. The van der Waals surface area contributed by atoms with Crippen LogP contribution < -0.4 is 0 Å². The average Bonchev–Trinajstić information content (AvgIpc) is 2.53. The lowest BCUT2D eigenvalue weighted by Crippen LogP contribution is -2.59. The van der Waals surface area contributed by atoms with E-state index in [-0.39, 0.29) is 5.56 Å². The van der Waals surface area contributed by atoms with E-state index in [0.29, 0.717) is 0 Å². The fourth-order valence-corrected chi connectivity index (χ4v) is 2.21. The van der Waals surface area contributed by atoms with E-state index in [1.54, 1.807) is 6.07 Å². The first-order chi connectivity index (χ1) is 10.4. The van der Waals surface area contributed by atoms with Crippen molar-refractivity contribution in [2.45, 2.75) is 11.6 Å². The first-order valence-electron chi connectivity index (χ1n) is 6.19. The van der Waals surface area contributed by atoms with Gasteiger partial charge < -0.3 is 0 Å². The Bertz CT molecular complexity index is 709. The molecular weight excluding hydrogens is 292 g/mol. The van der Waals surface area contributed by atoms with E-state index >= 15 is 0 Å². The van der Waals surface area contributed by atoms with Gasteiger partial charge in [0.1, 0.15) is 0 Å². The van der Waals surface area contributed by atoms with Crippen molar-refractivity contribution in [2.24, 2.45) is 0 Å². The molecule has 0 heterocycles. The molecule has 0 aliphatic heterocycles. The van der Waals surface area contributed by atoms with Crippen LogP contribution >= 0.6 is 0 Å². The summed E-state index contributed by atoms with van der Waals surface area (Å²) in [5.74, 6) is -2.57. The minimum Gasteiger partial charge on any atom is -0.285 e. The zero-order valence-corrected chi connectivity index (χ0v) is 11.1. The molecule has 8 nitrogen and oxygen atoms in total. The van der Waals surface area contributed by atoms with Crippen LogP contribution in [0.3, 0.4) is 0 Å². The summed E-state index contributed by atoms with van der Waals surface area (Å²) in [6.45, 7) is 0. The van der Waals surface area contributed by atoms with Crippen LogP contribution in [0.1, 0.15) is 10.4 Å². The van der Waals surface area contributed by atoms with E-state index in [1.807, 2.05) is 0 Å². The quantitative estimate of drug-likeness (QED) is 0.349. The average molecular weight is 302 g/mol. The van der Waals surface area contributed by atoms with E-state index in [9.17, 15) is 29.8 Å². The van der Waals surface area contributed by atoms with Gasteiger partial charge in [0, 0.05) is 21.5 Å². The number of carbonyl (C=O) groups is 2. The monoisotopic (exact) mass is 302 g/mol. The number of allylic oxidation sites excluding steroid dienone is 2. The number of carbonyl (C=O) groups excluding carboxylic acids is 2. The summed E-state index contributed by atoms with van der Waals surface area (Å²) in [6, 6.07) is 5.28. The summed E-state index contributed by atoms with van der Waals surface area (Å²) in [7, 11) is 0. The van der Waals surface area contributed by atoms with Crippen molar-refractivity contribution in [1.29, 1.82) is 0 Å². The summed E-state index contributed by atoms with van der Waals surface area (Å²) in [5.41, 5.74) is -2.79. The zero-order chi connectivity index (χ0) is 16.3. The minimum absolute atomic E-state index is 0.0567. The summed E-state index contributed by atoms with van der Waals surface area (Å²) in [4.78, 5) is 45.1. The van der Waals surface area contributed by atoms with Gasteiger partial charge in [-0.25, -0.2) is 0 Å². The zero-order valence-electron chi connectivity index (χ0n) is 11.1. The van der Waals surface area contributed by atoms with E-state index < -0.39 is 33.0 Å². The molecule has 0 aromatic heterocycles. The van der Waals surface area contributed by atoms with Crippen molar-refractivity contribution in [3.63, 3.8) is 0 Å². The number of nitrogens with zero attached hydrogens (tertiary/aromatic N) is 2. The Labute approximate surface area is 124 Å². The van der Waals surface area contributed by atoms with Gasteiger partial charge in [-0.2, -0.15) is 0 Å².